The van der Waals surface area contributed by atoms with Crippen molar-refractivity contribution >= 4 is 11.0 Å². The van der Waals surface area contributed by atoms with Gasteiger partial charge in [-0.15, -0.1) is 0 Å². The Morgan fingerprint density at radius 1 is 1.17 bits per heavy atom. The van der Waals surface area contributed by atoms with Crippen LogP contribution in [-0.2, 0) is 6.54 Å². The van der Waals surface area contributed by atoms with E-state index in [-0.39, 0.29) is 6.04 Å². The normalized spacial score (nSPS) is 12.3. The van der Waals surface area contributed by atoms with Crippen LogP contribution >= 0.6 is 0 Å². The minimum Gasteiger partial charge on any atom is -0.322 e. The molecule has 0 aliphatic rings. The van der Waals surface area contributed by atoms with Crippen LogP contribution in [0.5, 0.6) is 0 Å². The summed E-state index contributed by atoms with van der Waals surface area (Å²) < 4.78 is 2.21. The van der Waals surface area contributed by atoms with Crippen LogP contribution in [0, 0.1) is 25.2 Å². The average molecular weight is 318 g/mol. The molecule has 1 aromatic heterocycles. The molecule has 2 N–H and O–H groups in total. The molecule has 1 heterocycles. The third-order valence-corrected chi connectivity index (χ3v) is 4.59. The fourth-order valence-corrected chi connectivity index (χ4v) is 2.90. The fraction of sp³-hybridized carbons (Fsp3) is 0.300. The van der Waals surface area contributed by atoms with E-state index in [1.807, 2.05) is 24.3 Å². The van der Waals surface area contributed by atoms with E-state index in [0.717, 1.165) is 28.8 Å². The Labute approximate surface area is 142 Å². The quantitative estimate of drug-likeness (QED) is 0.791. The third kappa shape index (κ3) is 2.91. The van der Waals surface area contributed by atoms with Crippen molar-refractivity contribution in [3.05, 3.63) is 64.5 Å². The summed E-state index contributed by atoms with van der Waals surface area (Å²) in [5.74, 6) is 0.918. The van der Waals surface area contributed by atoms with Crippen LogP contribution in [0.25, 0.3) is 11.0 Å². The van der Waals surface area contributed by atoms with Gasteiger partial charge in [0.1, 0.15) is 5.82 Å². The minimum absolute atomic E-state index is 0.0867. The smallest absolute Gasteiger partial charge is 0.127 e. The first-order chi connectivity index (χ1) is 11.5. The number of aryl methyl sites for hydroxylation is 2. The second-order valence-electron chi connectivity index (χ2n) is 6.30. The monoisotopic (exact) mass is 318 g/mol. The van der Waals surface area contributed by atoms with Crippen LogP contribution in [-0.4, -0.2) is 9.55 Å². The summed E-state index contributed by atoms with van der Waals surface area (Å²) in [6.07, 6.45) is 0.842. The predicted octanol–water partition coefficient (Wildman–Crippen LogP) is 3.98. The molecule has 1 atom stereocenters. The lowest BCUT2D eigenvalue weighted by molar-refractivity contribution is 0.605. The Bertz CT molecular complexity index is 913. The molecule has 0 bridgehead atoms. The van der Waals surface area contributed by atoms with Crippen molar-refractivity contribution in [3.8, 4) is 6.07 Å². The first-order valence-electron chi connectivity index (χ1n) is 8.25. The number of hydrogen-bond donors (Lipinski definition) is 1. The summed E-state index contributed by atoms with van der Waals surface area (Å²) in [5.41, 5.74) is 12.7. The van der Waals surface area contributed by atoms with Crippen LogP contribution in [0.4, 0.5) is 0 Å². The van der Waals surface area contributed by atoms with Gasteiger partial charge in [-0.2, -0.15) is 5.26 Å². The van der Waals surface area contributed by atoms with Crippen LogP contribution in [0.1, 0.15) is 47.5 Å². The van der Waals surface area contributed by atoms with Crippen LogP contribution < -0.4 is 5.73 Å². The summed E-state index contributed by atoms with van der Waals surface area (Å²) in [7, 11) is 0. The van der Waals surface area contributed by atoms with Crippen molar-refractivity contribution in [1.29, 1.82) is 5.26 Å². The Balaban J connectivity index is 2.12. The van der Waals surface area contributed by atoms with Crippen molar-refractivity contribution in [2.75, 3.05) is 0 Å². The van der Waals surface area contributed by atoms with Gasteiger partial charge in [0.05, 0.1) is 28.7 Å². The third-order valence-electron chi connectivity index (χ3n) is 4.59. The number of imidazole rings is 1. The number of nitrogens with two attached hydrogens (primary N) is 1. The van der Waals surface area contributed by atoms with Gasteiger partial charge in [0, 0.05) is 6.54 Å². The second kappa shape index (κ2) is 6.46. The molecule has 1 unspecified atom stereocenters. The molecule has 4 heteroatoms. The molecule has 0 aliphatic heterocycles. The highest BCUT2D eigenvalue weighted by Gasteiger charge is 2.17. The van der Waals surface area contributed by atoms with Crippen molar-refractivity contribution in [3.63, 3.8) is 0 Å². The molecule has 0 radical (unpaired) electrons. The van der Waals surface area contributed by atoms with Gasteiger partial charge in [-0.1, -0.05) is 19.1 Å². The van der Waals surface area contributed by atoms with Gasteiger partial charge in [-0.05, 0) is 61.2 Å². The molecule has 4 nitrogen and oxygen atoms in total. The van der Waals surface area contributed by atoms with Gasteiger partial charge in [-0.3, -0.25) is 0 Å². The van der Waals surface area contributed by atoms with E-state index < -0.39 is 0 Å². The molecule has 0 spiro atoms. The number of aromatic nitrogens is 2. The van der Waals surface area contributed by atoms with E-state index in [1.165, 1.54) is 11.1 Å². The maximum Gasteiger partial charge on any atom is 0.127 e. The molecular weight excluding hydrogens is 296 g/mol. The summed E-state index contributed by atoms with van der Waals surface area (Å²) in [4.78, 5) is 4.80. The van der Waals surface area contributed by atoms with E-state index >= 15 is 0 Å². The van der Waals surface area contributed by atoms with E-state index in [9.17, 15) is 0 Å². The molecule has 0 amide bonds. The van der Waals surface area contributed by atoms with Gasteiger partial charge < -0.3 is 10.3 Å². The highest BCUT2D eigenvalue weighted by Crippen LogP contribution is 2.25. The molecule has 2 aromatic carbocycles. The zero-order valence-electron chi connectivity index (χ0n) is 14.4. The Kier molecular flexibility index (Phi) is 4.37. The number of benzene rings is 2. The van der Waals surface area contributed by atoms with E-state index in [2.05, 4.69) is 43.5 Å². The van der Waals surface area contributed by atoms with Crippen LogP contribution in [0.15, 0.2) is 36.4 Å². The second-order valence-corrected chi connectivity index (χ2v) is 6.30. The Morgan fingerprint density at radius 2 is 1.83 bits per heavy atom. The molecule has 24 heavy (non-hydrogen) atoms. The highest BCUT2D eigenvalue weighted by molar-refractivity contribution is 5.78. The number of nitriles is 1. The molecule has 0 aliphatic carbocycles. The summed E-state index contributed by atoms with van der Waals surface area (Å²) in [6, 6.07) is 14.1. The number of fused-ring (bicyclic) bond motifs is 1. The number of hydrogen-bond acceptors (Lipinski definition) is 3. The van der Waals surface area contributed by atoms with E-state index in [0.29, 0.717) is 12.1 Å². The number of nitrogens with zero attached hydrogens (tertiary/aromatic N) is 3. The SMILES string of the molecule is CCC(N)c1nc2cc(C)c(C)cc2n1Cc1ccc(C#N)cc1. The molecule has 122 valence electrons. The van der Waals surface area contributed by atoms with Crippen molar-refractivity contribution in [1.82, 2.24) is 9.55 Å². The lowest BCUT2D eigenvalue weighted by atomic mass is 10.1. The minimum atomic E-state index is -0.0867. The predicted molar refractivity (Wildman–Crippen MR) is 96.7 cm³/mol. The van der Waals surface area contributed by atoms with Gasteiger partial charge in [0.2, 0.25) is 0 Å². The highest BCUT2D eigenvalue weighted by atomic mass is 15.1. The molecule has 3 rings (SSSR count). The maximum atomic E-state index is 8.95. The fourth-order valence-electron chi connectivity index (χ4n) is 2.90. The molecule has 0 saturated carbocycles. The molecule has 3 aromatic rings. The number of rotatable bonds is 4. The lowest BCUT2D eigenvalue weighted by Gasteiger charge is -2.14. The van der Waals surface area contributed by atoms with Crippen molar-refractivity contribution in [2.45, 2.75) is 39.8 Å². The molecule has 0 fully saturated rings. The topological polar surface area (TPSA) is 67.6 Å². The average Bonchev–Trinajstić information content (AvgIpc) is 2.93. The van der Waals surface area contributed by atoms with Crippen LogP contribution in [0.3, 0.4) is 0 Å². The van der Waals surface area contributed by atoms with E-state index in [1.54, 1.807) is 0 Å². The molecule has 0 saturated heterocycles. The zero-order valence-corrected chi connectivity index (χ0v) is 14.4. The summed E-state index contributed by atoms with van der Waals surface area (Å²) >= 11 is 0. The Morgan fingerprint density at radius 3 is 2.46 bits per heavy atom. The van der Waals surface area contributed by atoms with Gasteiger partial charge in [0.15, 0.2) is 0 Å². The van der Waals surface area contributed by atoms with Gasteiger partial charge in [0.25, 0.3) is 0 Å². The van der Waals surface area contributed by atoms with Crippen molar-refractivity contribution < 1.29 is 0 Å². The summed E-state index contributed by atoms with van der Waals surface area (Å²) in [6.45, 7) is 7.00. The van der Waals surface area contributed by atoms with Gasteiger partial charge >= 0.3 is 0 Å². The first-order valence-corrected chi connectivity index (χ1v) is 8.25. The van der Waals surface area contributed by atoms with Crippen LogP contribution in [0.2, 0.25) is 0 Å². The standard InChI is InChI=1S/C20H22N4/c1-4-17(22)20-23-18-9-13(2)14(3)10-19(18)24(20)12-16-7-5-15(11-21)6-8-16/h5-10,17H,4,12,22H2,1-3H3. The van der Waals surface area contributed by atoms with Gasteiger partial charge in [-0.25, -0.2) is 4.98 Å². The lowest BCUT2D eigenvalue weighted by Crippen LogP contribution is -2.16. The Hall–Kier alpha value is -2.64. The zero-order chi connectivity index (χ0) is 17.3. The largest absolute Gasteiger partial charge is 0.322 e. The first kappa shape index (κ1) is 16.2. The maximum absolute atomic E-state index is 8.95. The molecular formula is C20H22N4. The summed E-state index contributed by atoms with van der Waals surface area (Å²) in [5, 5.41) is 8.95. The van der Waals surface area contributed by atoms with E-state index in [4.69, 9.17) is 16.0 Å². The van der Waals surface area contributed by atoms with Crippen molar-refractivity contribution in [2.24, 2.45) is 5.73 Å².